The summed E-state index contributed by atoms with van der Waals surface area (Å²) in [6, 6.07) is 0.799. The predicted octanol–water partition coefficient (Wildman–Crippen LogP) is 1.49. The lowest BCUT2D eigenvalue weighted by Crippen LogP contribution is -2.63. The Balaban J connectivity index is 1.55. The summed E-state index contributed by atoms with van der Waals surface area (Å²) in [6.45, 7) is 9.64. The summed E-state index contributed by atoms with van der Waals surface area (Å²) in [4.78, 5) is 58.8. The molecule has 1 aliphatic heterocycles. The van der Waals surface area contributed by atoms with Gasteiger partial charge in [0.2, 0.25) is 11.7 Å². The second-order valence-corrected chi connectivity index (χ2v) is 14.7. The van der Waals surface area contributed by atoms with E-state index in [9.17, 15) is 39.6 Å². The first kappa shape index (κ1) is 33.4. The van der Waals surface area contributed by atoms with Gasteiger partial charge in [0.1, 0.15) is 17.1 Å². The molecule has 13 heteroatoms. The molecule has 250 valence electrons. The minimum absolute atomic E-state index is 0.0109. The van der Waals surface area contributed by atoms with E-state index in [1.54, 1.807) is 39.2 Å². The molecule has 1 aromatic rings. The molecule has 2 unspecified atom stereocenters. The van der Waals surface area contributed by atoms with Crippen molar-refractivity contribution in [2.45, 2.75) is 58.2 Å². The van der Waals surface area contributed by atoms with Crippen LogP contribution in [-0.4, -0.2) is 113 Å². The van der Waals surface area contributed by atoms with Crippen LogP contribution < -0.4 is 16.0 Å². The van der Waals surface area contributed by atoms with Gasteiger partial charge in [0.25, 0.3) is 5.91 Å². The number of phenolic OH excluding ortho intramolecular Hbond substituents is 1. The van der Waals surface area contributed by atoms with Crippen molar-refractivity contribution >= 4 is 34.8 Å². The standard InChI is InChI=1S/C33H45N5O8/c1-14(32(2,3)4)38-12-16(13-38)31(45)35-19-11-20(36(5)6)17-9-15-10-18-24(37(7)8)27(41)23(30(34)44)29(43)33(18,46)28(42)21(15)26(40)22(17)25(19)39/h11,14-16,18,24,39,41-42,46H,9-10,12-13H2,1-8H3,(H2,34,44)(H,35,45)/t14?,15?,18-,24-,33-/m0/s1. The molecule has 1 fully saturated rings. The largest absolute Gasteiger partial charge is 0.510 e. The fourth-order valence-electron chi connectivity index (χ4n) is 7.57. The number of aliphatic hydroxyl groups is 3. The van der Waals surface area contributed by atoms with Gasteiger partial charge in [-0.2, -0.15) is 0 Å². The van der Waals surface area contributed by atoms with Crippen molar-refractivity contribution in [1.82, 2.24) is 9.80 Å². The maximum atomic E-state index is 14.2. The Kier molecular flexibility index (Phi) is 8.06. The number of hydrogen-bond donors (Lipinski definition) is 6. The summed E-state index contributed by atoms with van der Waals surface area (Å²) in [6.07, 6.45) is 0.134. The molecule has 1 heterocycles. The van der Waals surface area contributed by atoms with E-state index in [2.05, 4.69) is 37.9 Å². The van der Waals surface area contributed by atoms with Crippen LogP contribution in [0.3, 0.4) is 0 Å². The van der Waals surface area contributed by atoms with Gasteiger partial charge in [-0.15, -0.1) is 0 Å². The van der Waals surface area contributed by atoms with Gasteiger partial charge in [-0.1, -0.05) is 20.8 Å². The predicted molar refractivity (Wildman–Crippen MR) is 171 cm³/mol. The number of aromatic hydroxyl groups is 1. The number of nitrogens with one attached hydrogen (secondary N) is 1. The summed E-state index contributed by atoms with van der Waals surface area (Å²) < 4.78 is 0. The minimum atomic E-state index is -2.73. The number of carbonyl (C=O) groups excluding carboxylic acids is 4. The maximum absolute atomic E-state index is 14.2. The molecule has 0 bridgehead atoms. The van der Waals surface area contributed by atoms with E-state index in [-0.39, 0.29) is 52.9 Å². The zero-order valence-electron chi connectivity index (χ0n) is 27.6. The van der Waals surface area contributed by atoms with Crippen molar-refractivity contribution in [3.05, 3.63) is 39.9 Å². The summed E-state index contributed by atoms with van der Waals surface area (Å²) >= 11 is 0. The molecular formula is C33H45N5O8. The summed E-state index contributed by atoms with van der Waals surface area (Å²) in [7, 11) is 6.69. The molecule has 5 atom stereocenters. The van der Waals surface area contributed by atoms with Gasteiger partial charge in [-0.3, -0.25) is 29.0 Å². The van der Waals surface area contributed by atoms with Crippen LogP contribution in [0.2, 0.25) is 0 Å². The molecule has 0 spiro atoms. The summed E-state index contributed by atoms with van der Waals surface area (Å²) in [5.41, 5.74) is 2.53. The van der Waals surface area contributed by atoms with Crippen molar-refractivity contribution in [3.8, 4) is 5.75 Å². The van der Waals surface area contributed by atoms with E-state index in [0.717, 1.165) is 0 Å². The number of amides is 2. The fourth-order valence-corrected chi connectivity index (χ4v) is 7.57. The molecule has 3 aliphatic carbocycles. The number of nitrogens with two attached hydrogens (primary N) is 1. The van der Waals surface area contributed by atoms with E-state index < -0.39 is 63.8 Å². The van der Waals surface area contributed by atoms with Crippen molar-refractivity contribution in [2.24, 2.45) is 28.9 Å². The Morgan fingerprint density at radius 1 is 1.11 bits per heavy atom. The number of hydrogen-bond acceptors (Lipinski definition) is 11. The number of Topliss-reactive ketones (excluding diaryl/α,β-unsaturated/α-hetero) is 2. The van der Waals surface area contributed by atoms with Gasteiger partial charge in [0.15, 0.2) is 17.1 Å². The van der Waals surface area contributed by atoms with Crippen LogP contribution >= 0.6 is 0 Å². The number of nitrogens with zero attached hydrogens (tertiary/aromatic N) is 3. The number of fused-ring (bicyclic) bond motifs is 3. The third-order valence-corrected chi connectivity index (χ3v) is 10.5. The van der Waals surface area contributed by atoms with Crippen LogP contribution in [0, 0.1) is 23.2 Å². The minimum Gasteiger partial charge on any atom is -0.510 e. The smallest absolute Gasteiger partial charge is 0.255 e. The zero-order chi connectivity index (χ0) is 34.4. The Morgan fingerprint density at radius 3 is 2.24 bits per heavy atom. The average Bonchev–Trinajstić information content (AvgIpc) is 2.90. The monoisotopic (exact) mass is 639 g/mol. The number of ketones is 2. The number of allylic oxidation sites excluding steroid dienone is 1. The first-order chi connectivity index (χ1) is 21.2. The molecule has 0 radical (unpaired) electrons. The van der Waals surface area contributed by atoms with Gasteiger partial charge in [-0.05, 0) is 56.8 Å². The average molecular weight is 640 g/mol. The summed E-state index contributed by atoms with van der Waals surface area (Å²) in [5, 5.41) is 48.6. The lowest BCUT2D eigenvalue weighted by molar-refractivity contribution is -0.148. The normalized spacial score (nSPS) is 27.6. The van der Waals surface area contributed by atoms with E-state index in [1.165, 1.54) is 4.90 Å². The molecule has 0 saturated carbocycles. The Bertz CT molecular complexity index is 1600. The zero-order valence-corrected chi connectivity index (χ0v) is 27.6. The molecule has 13 nitrogen and oxygen atoms in total. The molecule has 7 N–H and O–H groups in total. The highest BCUT2D eigenvalue weighted by molar-refractivity contribution is 6.25. The van der Waals surface area contributed by atoms with E-state index >= 15 is 0 Å². The third-order valence-electron chi connectivity index (χ3n) is 10.5. The van der Waals surface area contributed by atoms with Crippen LogP contribution in [0.4, 0.5) is 11.4 Å². The van der Waals surface area contributed by atoms with Crippen molar-refractivity contribution in [1.29, 1.82) is 0 Å². The van der Waals surface area contributed by atoms with Crippen molar-refractivity contribution < 1.29 is 39.6 Å². The number of primary amides is 1. The number of benzene rings is 1. The van der Waals surface area contributed by atoms with Gasteiger partial charge >= 0.3 is 0 Å². The molecule has 1 saturated heterocycles. The molecule has 5 rings (SSSR count). The van der Waals surface area contributed by atoms with E-state index in [1.807, 2.05) is 0 Å². The van der Waals surface area contributed by atoms with Gasteiger partial charge in [0.05, 0.1) is 23.2 Å². The highest BCUT2D eigenvalue weighted by Crippen LogP contribution is 2.54. The lowest BCUT2D eigenvalue weighted by Gasteiger charge is -2.50. The topological polar surface area (TPSA) is 197 Å². The second-order valence-electron chi connectivity index (χ2n) is 14.7. The Hall–Kier alpha value is -3.94. The SMILES string of the molecule is CC(N1CC(C(=O)Nc2cc(N(C)C)c3c(c2O)C(=O)C2=C(O)[C@]4(O)C(=O)C(C(N)=O)=C(O)[C@@H](N(C)C)[C@@H]4CC2C3)C1)C(C)(C)C. The van der Waals surface area contributed by atoms with Crippen molar-refractivity contribution in [2.75, 3.05) is 51.5 Å². The van der Waals surface area contributed by atoms with Gasteiger partial charge in [0, 0.05) is 50.4 Å². The molecule has 1 aromatic carbocycles. The second kappa shape index (κ2) is 11.1. The van der Waals surface area contributed by atoms with Crippen LogP contribution in [-0.2, 0) is 20.8 Å². The van der Waals surface area contributed by atoms with Gasteiger partial charge in [-0.25, -0.2) is 0 Å². The highest BCUT2D eigenvalue weighted by atomic mass is 16.3. The first-order valence-electron chi connectivity index (χ1n) is 15.5. The molecule has 46 heavy (non-hydrogen) atoms. The quantitative estimate of drug-likeness (QED) is 0.195. The third kappa shape index (κ3) is 4.87. The summed E-state index contributed by atoms with van der Waals surface area (Å²) in [5.74, 6) is -7.85. The van der Waals surface area contributed by atoms with Crippen LogP contribution in [0.5, 0.6) is 5.75 Å². The van der Waals surface area contributed by atoms with E-state index in [0.29, 0.717) is 24.3 Å². The molecular weight excluding hydrogens is 594 g/mol. The highest BCUT2D eigenvalue weighted by Gasteiger charge is 2.63. The number of likely N-dealkylation sites (tertiary alicyclic amines) is 1. The van der Waals surface area contributed by atoms with Crippen LogP contribution in [0.15, 0.2) is 28.7 Å². The Labute approximate surface area is 268 Å². The number of aliphatic hydroxyl groups excluding tert-OH is 2. The maximum Gasteiger partial charge on any atom is 0.255 e. The van der Waals surface area contributed by atoms with Crippen LogP contribution in [0.1, 0.15) is 50.0 Å². The number of carbonyl (C=O) groups is 4. The van der Waals surface area contributed by atoms with Crippen molar-refractivity contribution in [3.63, 3.8) is 0 Å². The fraction of sp³-hybridized carbons (Fsp3) is 0.576. The number of phenols is 1. The number of likely N-dealkylation sites (N-methyl/N-ethyl adjacent to an activating group) is 1. The lowest BCUT2D eigenvalue weighted by atomic mass is 9.58. The number of anilines is 2. The first-order valence-corrected chi connectivity index (χ1v) is 15.5. The molecule has 4 aliphatic rings. The van der Waals surface area contributed by atoms with E-state index in [4.69, 9.17) is 5.73 Å². The number of rotatable bonds is 6. The molecule has 2 amide bonds. The molecule has 0 aromatic heterocycles. The van der Waals surface area contributed by atoms with Crippen LogP contribution in [0.25, 0.3) is 0 Å². The van der Waals surface area contributed by atoms with Gasteiger partial charge < -0.3 is 36.4 Å². The Morgan fingerprint density at radius 2 is 1.72 bits per heavy atom.